The monoisotopic (exact) mass is 256 g/mol. The Kier molecular flexibility index (Phi) is 3.41. The molecule has 16 heavy (non-hydrogen) atoms. The maximum atomic E-state index is 12.8. The van der Waals surface area contributed by atoms with Crippen LogP contribution in [0.1, 0.15) is 10.6 Å². The first-order valence-corrected chi connectivity index (χ1v) is 6.00. The average Bonchev–Trinajstić information content (AvgIpc) is 2.63. The maximum absolute atomic E-state index is 12.8. The van der Waals surface area contributed by atoms with E-state index < -0.39 is 0 Å². The largest absolute Gasteiger partial charge is 0.379 e. The molecule has 1 aromatic heterocycles. The number of aryl methyl sites for hydroxylation is 1. The summed E-state index contributed by atoms with van der Waals surface area (Å²) in [5.74, 6) is -0.329. The van der Waals surface area contributed by atoms with Crippen LogP contribution in [0.2, 0.25) is 5.02 Å². The highest BCUT2D eigenvalue weighted by atomic mass is 35.5. The molecule has 0 radical (unpaired) electrons. The van der Waals surface area contributed by atoms with E-state index in [9.17, 15) is 4.39 Å². The molecular formula is C11H10ClFN2S. The van der Waals surface area contributed by atoms with Crippen molar-refractivity contribution in [3.8, 4) is 0 Å². The number of halogens is 2. The van der Waals surface area contributed by atoms with Crippen LogP contribution in [0.25, 0.3) is 0 Å². The molecule has 0 saturated carbocycles. The van der Waals surface area contributed by atoms with E-state index in [1.54, 1.807) is 22.9 Å². The van der Waals surface area contributed by atoms with Crippen molar-refractivity contribution in [2.45, 2.75) is 13.5 Å². The van der Waals surface area contributed by atoms with Gasteiger partial charge in [-0.15, -0.1) is 11.3 Å². The number of anilines is 1. The molecule has 0 aliphatic carbocycles. The summed E-state index contributed by atoms with van der Waals surface area (Å²) in [4.78, 5) is 5.30. The van der Waals surface area contributed by atoms with Crippen LogP contribution in [0, 0.1) is 12.7 Å². The van der Waals surface area contributed by atoms with Crippen LogP contribution < -0.4 is 5.32 Å². The number of hydrogen-bond acceptors (Lipinski definition) is 3. The zero-order valence-electron chi connectivity index (χ0n) is 8.63. The lowest BCUT2D eigenvalue weighted by Gasteiger charge is -2.07. The van der Waals surface area contributed by atoms with Crippen LogP contribution >= 0.6 is 22.9 Å². The molecule has 2 aromatic rings. The first-order chi connectivity index (χ1) is 7.66. The molecule has 1 N–H and O–H groups in total. The Balaban J connectivity index is 2.08. The van der Waals surface area contributed by atoms with Crippen LogP contribution in [0.5, 0.6) is 0 Å². The molecule has 0 unspecified atom stereocenters. The van der Waals surface area contributed by atoms with E-state index in [1.165, 1.54) is 12.1 Å². The van der Waals surface area contributed by atoms with E-state index in [0.29, 0.717) is 11.6 Å². The predicted molar refractivity (Wildman–Crippen MR) is 65.6 cm³/mol. The second-order valence-corrected chi connectivity index (χ2v) is 4.69. The van der Waals surface area contributed by atoms with Gasteiger partial charge in [0.05, 0.1) is 28.5 Å². The van der Waals surface area contributed by atoms with Crippen molar-refractivity contribution >= 4 is 28.6 Å². The van der Waals surface area contributed by atoms with Crippen LogP contribution in [-0.2, 0) is 6.54 Å². The molecule has 5 heteroatoms. The third kappa shape index (κ3) is 2.51. The minimum Gasteiger partial charge on any atom is -0.379 e. The van der Waals surface area contributed by atoms with E-state index in [1.807, 2.05) is 6.92 Å². The predicted octanol–water partition coefficient (Wildman–Crippen LogP) is 3.86. The Labute approximate surface area is 102 Å². The highest BCUT2D eigenvalue weighted by Crippen LogP contribution is 2.23. The van der Waals surface area contributed by atoms with Gasteiger partial charge in [-0.3, -0.25) is 0 Å². The Morgan fingerprint density at radius 1 is 1.50 bits per heavy atom. The van der Waals surface area contributed by atoms with Gasteiger partial charge in [0.25, 0.3) is 0 Å². The van der Waals surface area contributed by atoms with Gasteiger partial charge in [-0.1, -0.05) is 11.6 Å². The number of benzene rings is 1. The summed E-state index contributed by atoms with van der Waals surface area (Å²) in [5, 5.41) is 3.55. The van der Waals surface area contributed by atoms with Gasteiger partial charge in [0.15, 0.2) is 0 Å². The molecule has 0 fully saturated rings. The van der Waals surface area contributed by atoms with E-state index in [4.69, 9.17) is 11.6 Å². The topological polar surface area (TPSA) is 24.9 Å². The fourth-order valence-corrected chi connectivity index (χ4v) is 2.26. The zero-order chi connectivity index (χ0) is 11.5. The summed E-state index contributed by atoms with van der Waals surface area (Å²) in [5.41, 5.74) is 3.55. The number of hydrogen-bond donors (Lipinski definition) is 1. The van der Waals surface area contributed by atoms with Gasteiger partial charge >= 0.3 is 0 Å². The summed E-state index contributed by atoms with van der Waals surface area (Å²) >= 11 is 7.48. The SMILES string of the molecule is Cc1ncsc1CNc1ccc(F)cc1Cl. The summed E-state index contributed by atoms with van der Waals surface area (Å²) in [6.45, 7) is 2.61. The molecule has 0 atom stereocenters. The molecule has 1 heterocycles. The lowest BCUT2D eigenvalue weighted by atomic mass is 10.3. The van der Waals surface area contributed by atoms with Crippen molar-refractivity contribution in [1.29, 1.82) is 0 Å². The smallest absolute Gasteiger partial charge is 0.124 e. The molecule has 0 amide bonds. The molecular weight excluding hydrogens is 247 g/mol. The number of rotatable bonds is 3. The van der Waals surface area contributed by atoms with E-state index in [-0.39, 0.29) is 5.82 Å². The molecule has 0 spiro atoms. The molecule has 84 valence electrons. The van der Waals surface area contributed by atoms with Crippen LogP contribution in [0.4, 0.5) is 10.1 Å². The van der Waals surface area contributed by atoms with Crippen molar-refractivity contribution in [1.82, 2.24) is 4.98 Å². The van der Waals surface area contributed by atoms with Crippen molar-refractivity contribution in [3.63, 3.8) is 0 Å². The molecule has 1 aromatic carbocycles. The number of thiazole rings is 1. The second-order valence-electron chi connectivity index (χ2n) is 3.34. The standard InChI is InChI=1S/C11H10ClFN2S/c1-7-11(16-6-15-7)5-14-10-3-2-8(13)4-9(10)12/h2-4,6,14H,5H2,1H3. The van der Waals surface area contributed by atoms with Gasteiger partial charge in [0.2, 0.25) is 0 Å². The van der Waals surface area contributed by atoms with Crippen LogP contribution in [0.15, 0.2) is 23.7 Å². The molecule has 2 rings (SSSR count). The fourth-order valence-electron chi connectivity index (χ4n) is 1.30. The van der Waals surface area contributed by atoms with Gasteiger partial charge in [0, 0.05) is 4.88 Å². The Bertz CT molecular complexity index is 498. The lowest BCUT2D eigenvalue weighted by molar-refractivity contribution is 0.628. The van der Waals surface area contributed by atoms with E-state index in [0.717, 1.165) is 16.3 Å². The molecule has 0 bridgehead atoms. The van der Waals surface area contributed by atoms with Gasteiger partial charge in [0.1, 0.15) is 5.82 Å². The molecule has 0 saturated heterocycles. The molecule has 2 nitrogen and oxygen atoms in total. The highest BCUT2D eigenvalue weighted by Gasteiger charge is 2.04. The Hall–Kier alpha value is -1.13. The van der Waals surface area contributed by atoms with Crippen LogP contribution in [0.3, 0.4) is 0 Å². The van der Waals surface area contributed by atoms with Crippen molar-refractivity contribution in [3.05, 3.63) is 45.1 Å². The fraction of sp³-hybridized carbons (Fsp3) is 0.182. The summed E-state index contributed by atoms with van der Waals surface area (Å²) in [6.07, 6.45) is 0. The average molecular weight is 257 g/mol. The third-order valence-corrected chi connectivity index (χ3v) is 3.46. The first-order valence-electron chi connectivity index (χ1n) is 4.74. The first kappa shape index (κ1) is 11.4. The molecule has 0 aliphatic rings. The summed E-state index contributed by atoms with van der Waals surface area (Å²) in [7, 11) is 0. The Morgan fingerprint density at radius 3 is 2.94 bits per heavy atom. The van der Waals surface area contributed by atoms with Gasteiger partial charge in [-0.25, -0.2) is 9.37 Å². The quantitative estimate of drug-likeness (QED) is 0.902. The Morgan fingerprint density at radius 2 is 2.31 bits per heavy atom. The minimum atomic E-state index is -0.329. The van der Waals surface area contributed by atoms with E-state index >= 15 is 0 Å². The normalized spacial score (nSPS) is 10.4. The van der Waals surface area contributed by atoms with E-state index in [2.05, 4.69) is 10.3 Å². The maximum Gasteiger partial charge on any atom is 0.124 e. The van der Waals surface area contributed by atoms with Crippen molar-refractivity contribution in [2.24, 2.45) is 0 Å². The minimum absolute atomic E-state index is 0.329. The third-order valence-electron chi connectivity index (χ3n) is 2.22. The zero-order valence-corrected chi connectivity index (χ0v) is 10.2. The lowest BCUT2D eigenvalue weighted by Crippen LogP contribution is -1.99. The second kappa shape index (κ2) is 4.80. The number of nitrogens with one attached hydrogen (secondary N) is 1. The van der Waals surface area contributed by atoms with Crippen molar-refractivity contribution in [2.75, 3.05) is 5.32 Å². The van der Waals surface area contributed by atoms with Crippen LogP contribution in [-0.4, -0.2) is 4.98 Å². The summed E-state index contributed by atoms with van der Waals surface area (Å²) < 4.78 is 12.8. The molecule has 0 aliphatic heterocycles. The highest BCUT2D eigenvalue weighted by molar-refractivity contribution is 7.09. The summed E-state index contributed by atoms with van der Waals surface area (Å²) in [6, 6.07) is 4.31. The number of aromatic nitrogens is 1. The van der Waals surface area contributed by atoms with Gasteiger partial charge in [-0.05, 0) is 25.1 Å². The van der Waals surface area contributed by atoms with Crippen molar-refractivity contribution < 1.29 is 4.39 Å². The van der Waals surface area contributed by atoms with Gasteiger partial charge < -0.3 is 5.32 Å². The number of nitrogens with zero attached hydrogens (tertiary/aromatic N) is 1. The van der Waals surface area contributed by atoms with Gasteiger partial charge in [-0.2, -0.15) is 0 Å².